The molecule has 6 nitrogen and oxygen atoms in total. The van der Waals surface area contributed by atoms with E-state index in [1.165, 1.54) is 0 Å². The van der Waals surface area contributed by atoms with Gasteiger partial charge in [0.2, 0.25) is 0 Å². The number of carbonyl (C=O) groups is 2. The largest absolute Gasteiger partial charge is 0.481 e. The number of carboxylic acid groups (broad SMARTS) is 1. The Morgan fingerprint density at radius 1 is 1.50 bits per heavy atom. The van der Waals surface area contributed by atoms with E-state index in [1.807, 2.05) is 6.92 Å². The van der Waals surface area contributed by atoms with Crippen molar-refractivity contribution in [2.75, 3.05) is 6.54 Å². The van der Waals surface area contributed by atoms with E-state index in [1.54, 1.807) is 17.9 Å². The van der Waals surface area contributed by atoms with Crippen molar-refractivity contribution in [3.8, 4) is 0 Å². The average molecular weight is 279 g/mol. The zero-order valence-corrected chi connectivity index (χ0v) is 12.0. The molecule has 0 radical (unpaired) electrons. The zero-order chi connectivity index (χ0) is 14.8. The van der Waals surface area contributed by atoms with Crippen molar-refractivity contribution in [1.29, 1.82) is 0 Å². The van der Waals surface area contributed by atoms with E-state index in [2.05, 4.69) is 10.4 Å². The molecule has 0 atom stereocenters. The molecular weight excluding hydrogens is 258 g/mol. The lowest BCUT2D eigenvalue weighted by molar-refractivity contribution is -0.141. The van der Waals surface area contributed by atoms with Gasteiger partial charge in [-0.2, -0.15) is 5.10 Å². The van der Waals surface area contributed by atoms with Crippen molar-refractivity contribution in [1.82, 2.24) is 15.1 Å². The van der Waals surface area contributed by atoms with Gasteiger partial charge in [-0.3, -0.25) is 14.3 Å². The Morgan fingerprint density at radius 3 is 2.70 bits per heavy atom. The zero-order valence-electron chi connectivity index (χ0n) is 12.0. The Labute approximate surface area is 118 Å². The van der Waals surface area contributed by atoms with Gasteiger partial charge in [0.15, 0.2) is 0 Å². The van der Waals surface area contributed by atoms with Crippen molar-refractivity contribution < 1.29 is 14.7 Å². The molecule has 1 fully saturated rings. The van der Waals surface area contributed by atoms with E-state index in [9.17, 15) is 9.59 Å². The number of rotatable bonds is 6. The van der Waals surface area contributed by atoms with E-state index in [4.69, 9.17) is 5.11 Å². The van der Waals surface area contributed by atoms with E-state index in [0.717, 1.165) is 25.0 Å². The maximum absolute atomic E-state index is 12.2. The number of carbonyl (C=O) groups excluding carboxylic acids is 1. The average Bonchev–Trinajstić information content (AvgIpc) is 2.73. The first-order valence-electron chi connectivity index (χ1n) is 6.98. The number of amides is 1. The highest BCUT2D eigenvalue weighted by atomic mass is 16.4. The Balaban J connectivity index is 1.99. The molecule has 1 aliphatic rings. The highest BCUT2D eigenvalue weighted by Crippen LogP contribution is 2.43. The third-order valence-electron chi connectivity index (χ3n) is 4.05. The van der Waals surface area contributed by atoms with E-state index in [-0.39, 0.29) is 17.7 Å². The minimum absolute atomic E-state index is 0.126. The summed E-state index contributed by atoms with van der Waals surface area (Å²) in [4.78, 5) is 23.1. The number of aromatic nitrogens is 2. The molecule has 0 bridgehead atoms. The van der Waals surface area contributed by atoms with Crippen LogP contribution in [0.25, 0.3) is 0 Å². The number of hydrogen-bond acceptors (Lipinski definition) is 3. The lowest BCUT2D eigenvalue weighted by atomic mass is 9.66. The van der Waals surface area contributed by atoms with E-state index < -0.39 is 5.97 Å². The van der Waals surface area contributed by atoms with Crippen molar-refractivity contribution in [2.45, 2.75) is 39.0 Å². The van der Waals surface area contributed by atoms with Crippen LogP contribution in [0.2, 0.25) is 0 Å². The van der Waals surface area contributed by atoms with Crippen molar-refractivity contribution in [2.24, 2.45) is 12.5 Å². The minimum Gasteiger partial charge on any atom is -0.481 e. The van der Waals surface area contributed by atoms with Crippen LogP contribution in [0.5, 0.6) is 0 Å². The first-order chi connectivity index (χ1) is 9.46. The molecule has 0 aromatic carbocycles. The van der Waals surface area contributed by atoms with Gasteiger partial charge < -0.3 is 10.4 Å². The van der Waals surface area contributed by atoms with E-state index in [0.29, 0.717) is 18.5 Å². The second kappa shape index (κ2) is 5.64. The molecule has 0 aliphatic heterocycles. The predicted molar refractivity (Wildman–Crippen MR) is 73.5 cm³/mol. The number of carboxylic acids is 1. The normalized spacial score (nSPS) is 16.5. The van der Waals surface area contributed by atoms with Gasteiger partial charge in [-0.15, -0.1) is 0 Å². The third kappa shape index (κ3) is 3.00. The highest BCUT2D eigenvalue weighted by Gasteiger charge is 2.39. The van der Waals surface area contributed by atoms with Crippen LogP contribution in [-0.4, -0.2) is 33.3 Å². The van der Waals surface area contributed by atoms with Gasteiger partial charge in [0, 0.05) is 19.8 Å². The lowest BCUT2D eigenvalue weighted by Gasteiger charge is -2.40. The molecule has 1 heterocycles. The second-order valence-corrected chi connectivity index (χ2v) is 5.62. The predicted octanol–water partition coefficient (Wildman–Crippen LogP) is 1.36. The van der Waals surface area contributed by atoms with Gasteiger partial charge in [0.25, 0.3) is 5.91 Å². The number of nitrogens with one attached hydrogen (secondary N) is 1. The van der Waals surface area contributed by atoms with Gasteiger partial charge in [0.1, 0.15) is 0 Å². The summed E-state index contributed by atoms with van der Waals surface area (Å²) in [5, 5.41) is 16.1. The molecule has 0 spiro atoms. The van der Waals surface area contributed by atoms with Crippen LogP contribution >= 0.6 is 0 Å². The quantitative estimate of drug-likeness (QED) is 0.823. The molecule has 0 unspecified atom stereocenters. The van der Waals surface area contributed by atoms with Crippen LogP contribution < -0.4 is 5.32 Å². The van der Waals surface area contributed by atoms with Gasteiger partial charge in [-0.25, -0.2) is 0 Å². The van der Waals surface area contributed by atoms with Crippen LogP contribution in [0.15, 0.2) is 6.20 Å². The summed E-state index contributed by atoms with van der Waals surface area (Å²) in [7, 11) is 1.79. The molecule has 110 valence electrons. The smallest absolute Gasteiger partial charge is 0.303 e. The number of aliphatic carboxylic acids is 1. The number of hydrogen-bond donors (Lipinski definition) is 2. The molecule has 20 heavy (non-hydrogen) atoms. The molecule has 2 N–H and O–H groups in total. The molecule has 1 amide bonds. The molecule has 1 saturated carbocycles. The van der Waals surface area contributed by atoms with Crippen LogP contribution in [-0.2, 0) is 18.3 Å². The molecule has 6 heteroatoms. The summed E-state index contributed by atoms with van der Waals surface area (Å²) in [6, 6.07) is 0. The molecule has 1 aromatic heterocycles. The van der Waals surface area contributed by atoms with Crippen LogP contribution in [0, 0.1) is 5.41 Å². The standard InChI is InChI=1S/C14H21N3O3/c1-3-11-10(8-17(2)16-11)13(20)15-9-14(5-4-6-14)7-12(18)19/h8H,3-7,9H2,1-2H3,(H,15,20)(H,18,19). The van der Waals surface area contributed by atoms with E-state index >= 15 is 0 Å². The lowest BCUT2D eigenvalue weighted by Crippen LogP contribution is -2.43. The Bertz CT molecular complexity index is 518. The maximum Gasteiger partial charge on any atom is 0.303 e. The molecule has 1 aromatic rings. The van der Waals surface area contributed by atoms with Crippen molar-refractivity contribution in [3.63, 3.8) is 0 Å². The summed E-state index contributed by atoms with van der Waals surface area (Å²) in [5.74, 6) is -0.957. The first-order valence-corrected chi connectivity index (χ1v) is 6.98. The Hall–Kier alpha value is -1.85. The van der Waals surface area contributed by atoms with Gasteiger partial charge in [-0.1, -0.05) is 13.3 Å². The fourth-order valence-electron chi connectivity index (χ4n) is 2.76. The monoisotopic (exact) mass is 279 g/mol. The third-order valence-corrected chi connectivity index (χ3v) is 4.05. The Morgan fingerprint density at radius 2 is 2.20 bits per heavy atom. The van der Waals surface area contributed by atoms with Gasteiger partial charge in [-0.05, 0) is 24.7 Å². The van der Waals surface area contributed by atoms with Gasteiger partial charge in [0.05, 0.1) is 17.7 Å². The Kier molecular flexibility index (Phi) is 4.11. The maximum atomic E-state index is 12.2. The molecule has 2 rings (SSSR count). The summed E-state index contributed by atoms with van der Waals surface area (Å²) in [6.45, 7) is 2.38. The SMILES string of the molecule is CCc1nn(C)cc1C(=O)NCC1(CC(=O)O)CCC1. The number of aryl methyl sites for hydroxylation is 2. The molecule has 1 aliphatic carbocycles. The summed E-state index contributed by atoms with van der Waals surface area (Å²) < 4.78 is 1.63. The topological polar surface area (TPSA) is 84.2 Å². The fraction of sp³-hybridized carbons (Fsp3) is 0.643. The van der Waals surface area contributed by atoms with Gasteiger partial charge >= 0.3 is 5.97 Å². The summed E-state index contributed by atoms with van der Waals surface area (Å²) >= 11 is 0. The van der Waals surface area contributed by atoms with Crippen LogP contribution in [0.3, 0.4) is 0 Å². The number of nitrogens with zero attached hydrogens (tertiary/aromatic N) is 2. The van der Waals surface area contributed by atoms with Crippen molar-refractivity contribution in [3.05, 3.63) is 17.5 Å². The van der Waals surface area contributed by atoms with Crippen molar-refractivity contribution >= 4 is 11.9 Å². The highest BCUT2D eigenvalue weighted by molar-refractivity contribution is 5.95. The second-order valence-electron chi connectivity index (χ2n) is 5.62. The summed E-state index contributed by atoms with van der Waals surface area (Å²) in [6.07, 6.45) is 5.31. The fourth-order valence-corrected chi connectivity index (χ4v) is 2.76. The van der Waals surface area contributed by atoms with Crippen LogP contribution in [0.1, 0.15) is 48.7 Å². The molecular formula is C14H21N3O3. The molecule has 0 saturated heterocycles. The van der Waals surface area contributed by atoms with Crippen LogP contribution in [0.4, 0.5) is 0 Å². The first kappa shape index (κ1) is 14.6. The minimum atomic E-state index is -0.797. The summed E-state index contributed by atoms with van der Waals surface area (Å²) in [5.41, 5.74) is 1.10.